The fraction of sp³-hybridized carbons (Fsp3) is 0.583. The van der Waals surface area contributed by atoms with Crippen LogP contribution in [0.5, 0.6) is 0 Å². The Labute approximate surface area is 124 Å². The third-order valence-electron chi connectivity index (χ3n) is 2.49. The van der Waals surface area contributed by atoms with Crippen molar-refractivity contribution in [3.63, 3.8) is 0 Å². The highest BCUT2D eigenvalue weighted by molar-refractivity contribution is 7.79. The van der Waals surface area contributed by atoms with Gasteiger partial charge in [0.25, 0.3) is 7.37 Å². The lowest BCUT2D eigenvalue weighted by Crippen LogP contribution is -2.23. The van der Waals surface area contributed by atoms with E-state index in [1.54, 1.807) is 32.9 Å². The molecule has 0 aliphatic carbocycles. The first-order chi connectivity index (χ1) is 9.94. The zero-order chi connectivity index (χ0) is 15.9. The van der Waals surface area contributed by atoms with Gasteiger partial charge >= 0.3 is 7.60 Å². The van der Waals surface area contributed by atoms with Gasteiger partial charge in [-0.25, -0.2) is 0 Å². The molecule has 0 bridgehead atoms. The van der Waals surface area contributed by atoms with Crippen LogP contribution in [0.1, 0.15) is 20.8 Å². The van der Waals surface area contributed by atoms with Gasteiger partial charge in [-0.3, -0.25) is 14.1 Å². The number of pyridine rings is 1. The molecule has 2 unspecified atom stereocenters. The van der Waals surface area contributed by atoms with Crippen LogP contribution in [0, 0.1) is 0 Å². The Bertz CT molecular complexity index is 514. The van der Waals surface area contributed by atoms with Gasteiger partial charge in [-0.2, -0.15) is 0 Å². The Morgan fingerprint density at radius 1 is 1.10 bits per heavy atom. The summed E-state index contributed by atoms with van der Waals surface area (Å²) in [7, 11) is -7.91. The van der Waals surface area contributed by atoms with E-state index in [4.69, 9.17) is 13.6 Å². The SMILES string of the molecule is CCOP(=O)(OCC)C(O)P(=O)(OCC)c1ccccn1. The molecule has 0 aliphatic rings. The van der Waals surface area contributed by atoms with Gasteiger partial charge in [0, 0.05) is 6.20 Å². The normalized spacial score (nSPS) is 16.4. The smallest absolute Gasteiger partial charge is 0.369 e. The average Bonchev–Trinajstić information content (AvgIpc) is 2.48. The largest absolute Gasteiger partial charge is 0.372 e. The average molecular weight is 337 g/mol. The van der Waals surface area contributed by atoms with E-state index < -0.39 is 20.6 Å². The molecule has 0 spiro atoms. The molecule has 1 rings (SSSR count). The summed E-state index contributed by atoms with van der Waals surface area (Å²) in [5, 5.41) is 10.4. The van der Waals surface area contributed by atoms with Crippen molar-refractivity contribution in [3.8, 4) is 0 Å². The Balaban J connectivity index is 3.26. The highest BCUT2D eigenvalue weighted by Gasteiger charge is 2.50. The van der Waals surface area contributed by atoms with E-state index in [0.29, 0.717) is 0 Å². The molecule has 0 saturated heterocycles. The van der Waals surface area contributed by atoms with Crippen molar-refractivity contribution in [3.05, 3.63) is 24.4 Å². The number of hydrogen-bond donors (Lipinski definition) is 1. The molecule has 0 saturated carbocycles. The van der Waals surface area contributed by atoms with Crippen molar-refractivity contribution < 1.29 is 27.8 Å². The van der Waals surface area contributed by atoms with Gasteiger partial charge in [-0.05, 0) is 32.9 Å². The van der Waals surface area contributed by atoms with Gasteiger partial charge in [0.1, 0.15) is 5.44 Å². The predicted molar refractivity (Wildman–Crippen MR) is 80.0 cm³/mol. The molecular formula is C12H21NO6P2. The van der Waals surface area contributed by atoms with Crippen LogP contribution in [0.2, 0.25) is 0 Å². The summed E-state index contributed by atoms with van der Waals surface area (Å²) in [6.07, 6.45) is 1.42. The van der Waals surface area contributed by atoms with Crippen LogP contribution in [0.25, 0.3) is 0 Å². The van der Waals surface area contributed by atoms with E-state index in [1.165, 1.54) is 12.3 Å². The van der Waals surface area contributed by atoms with Crippen molar-refractivity contribution >= 4 is 20.4 Å². The van der Waals surface area contributed by atoms with Gasteiger partial charge in [0.15, 0.2) is 0 Å². The molecule has 0 fully saturated rings. The van der Waals surface area contributed by atoms with E-state index in [0.717, 1.165) is 0 Å². The molecule has 1 N–H and O–H groups in total. The molecule has 0 radical (unpaired) electrons. The van der Waals surface area contributed by atoms with Gasteiger partial charge in [0.2, 0.25) is 5.59 Å². The van der Waals surface area contributed by atoms with Crippen LogP contribution in [-0.2, 0) is 22.7 Å². The molecule has 2 atom stereocenters. The Morgan fingerprint density at radius 3 is 2.10 bits per heavy atom. The number of aliphatic hydroxyl groups excluding tert-OH is 1. The lowest BCUT2D eigenvalue weighted by molar-refractivity contribution is 0.170. The van der Waals surface area contributed by atoms with Crippen LogP contribution >= 0.6 is 15.0 Å². The molecule has 7 nitrogen and oxygen atoms in total. The van der Waals surface area contributed by atoms with Gasteiger partial charge < -0.3 is 18.7 Å². The Hall–Kier alpha value is -0.550. The number of nitrogens with zero attached hydrogens (tertiary/aromatic N) is 1. The number of rotatable bonds is 9. The fourth-order valence-electron chi connectivity index (χ4n) is 1.70. The monoisotopic (exact) mass is 337 g/mol. The molecule has 0 amide bonds. The molecular weight excluding hydrogens is 316 g/mol. The zero-order valence-corrected chi connectivity index (χ0v) is 14.1. The zero-order valence-electron chi connectivity index (χ0n) is 12.3. The Kier molecular flexibility index (Phi) is 7.21. The minimum absolute atomic E-state index is 0.0268. The lowest BCUT2D eigenvalue weighted by atomic mass is 10.5. The summed E-state index contributed by atoms with van der Waals surface area (Å²) in [5.41, 5.74) is -1.89. The van der Waals surface area contributed by atoms with E-state index in [1.807, 2.05) is 0 Å². The highest BCUT2D eigenvalue weighted by atomic mass is 31.2. The first-order valence-corrected chi connectivity index (χ1v) is 9.97. The van der Waals surface area contributed by atoms with Crippen molar-refractivity contribution in [1.82, 2.24) is 4.98 Å². The first kappa shape index (κ1) is 18.5. The van der Waals surface area contributed by atoms with E-state index in [-0.39, 0.29) is 25.3 Å². The molecule has 1 heterocycles. The van der Waals surface area contributed by atoms with Crippen LogP contribution in [-0.4, -0.2) is 35.5 Å². The van der Waals surface area contributed by atoms with Crippen LogP contribution < -0.4 is 5.44 Å². The summed E-state index contributed by atoms with van der Waals surface area (Å²) >= 11 is 0. The van der Waals surface area contributed by atoms with Crippen molar-refractivity contribution in [2.45, 2.75) is 26.4 Å². The van der Waals surface area contributed by atoms with Crippen LogP contribution in [0.15, 0.2) is 24.4 Å². The number of aliphatic hydroxyl groups is 1. The summed E-state index contributed by atoms with van der Waals surface area (Å²) in [6.45, 7) is 4.97. The minimum Gasteiger partial charge on any atom is -0.372 e. The first-order valence-electron chi connectivity index (χ1n) is 6.67. The maximum atomic E-state index is 13.0. The van der Waals surface area contributed by atoms with E-state index in [2.05, 4.69) is 4.98 Å². The lowest BCUT2D eigenvalue weighted by Gasteiger charge is -2.28. The predicted octanol–water partition coefficient (Wildman–Crippen LogP) is 2.56. The van der Waals surface area contributed by atoms with Crippen molar-refractivity contribution in [2.75, 3.05) is 19.8 Å². The summed E-state index contributed by atoms with van der Waals surface area (Å²) < 4.78 is 41.0. The Morgan fingerprint density at radius 2 is 1.67 bits per heavy atom. The second-order valence-electron chi connectivity index (χ2n) is 3.92. The van der Waals surface area contributed by atoms with Gasteiger partial charge in [-0.15, -0.1) is 0 Å². The molecule has 120 valence electrons. The highest BCUT2D eigenvalue weighted by Crippen LogP contribution is 2.67. The second-order valence-corrected chi connectivity index (χ2v) is 8.82. The standard InChI is InChI=1S/C12H21NO6P2/c1-4-17-20(15,11-9-7-8-10-13-11)12(14)21(16,18-5-2)19-6-3/h7-10,12,14H,4-6H2,1-3H3. The molecule has 21 heavy (non-hydrogen) atoms. The third kappa shape index (κ3) is 4.22. The number of aromatic nitrogens is 1. The fourth-order valence-corrected chi connectivity index (χ4v) is 6.61. The third-order valence-corrected chi connectivity index (χ3v) is 8.21. The van der Waals surface area contributed by atoms with Crippen molar-refractivity contribution in [1.29, 1.82) is 0 Å². The minimum atomic E-state index is -4.00. The number of hydrogen-bond acceptors (Lipinski definition) is 7. The molecule has 0 aliphatic heterocycles. The van der Waals surface area contributed by atoms with Gasteiger partial charge in [0.05, 0.1) is 19.8 Å². The quantitative estimate of drug-likeness (QED) is 0.692. The van der Waals surface area contributed by atoms with E-state index in [9.17, 15) is 14.2 Å². The molecule has 1 aromatic rings. The van der Waals surface area contributed by atoms with Crippen LogP contribution in [0.4, 0.5) is 0 Å². The molecule has 1 aromatic heterocycles. The van der Waals surface area contributed by atoms with Crippen LogP contribution in [0.3, 0.4) is 0 Å². The second kappa shape index (κ2) is 8.18. The summed E-state index contributed by atoms with van der Waals surface area (Å²) in [5.74, 6) is 0. The van der Waals surface area contributed by atoms with Gasteiger partial charge in [-0.1, -0.05) is 6.07 Å². The maximum absolute atomic E-state index is 13.0. The van der Waals surface area contributed by atoms with E-state index >= 15 is 0 Å². The van der Waals surface area contributed by atoms with Crippen molar-refractivity contribution in [2.24, 2.45) is 0 Å². The molecule has 0 aromatic carbocycles. The summed E-state index contributed by atoms with van der Waals surface area (Å²) in [4.78, 5) is 3.94. The topological polar surface area (TPSA) is 95.0 Å². The maximum Gasteiger partial charge on any atom is 0.369 e. The molecule has 9 heteroatoms. The summed E-state index contributed by atoms with van der Waals surface area (Å²) in [6, 6.07) is 4.69.